The highest BCUT2D eigenvalue weighted by atomic mass is 19.2. The highest BCUT2D eigenvalue weighted by Gasteiger charge is 2.12. The van der Waals surface area contributed by atoms with Crippen LogP contribution in [0.3, 0.4) is 0 Å². The third-order valence-corrected chi connectivity index (χ3v) is 2.37. The summed E-state index contributed by atoms with van der Waals surface area (Å²) in [7, 11) is 1.49. The van der Waals surface area contributed by atoms with Crippen LogP contribution in [0.1, 0.15) is 5.69 Å². The number of nitrogens with two attached hydrogens (primary N) is 1. The van der Waals surface area contributed by atoms with Gasteiger partial charge in [-0.15, -0.1) is 0 Å². The first-order valence-corrected chi connectivity index (χ1v) is 4.90. The van der Waals surface area contributed by atoms with Gasteiger partial charge in [0.1, 0.15) is 5.52 Å². The summed E-state index contributed by atoms with van der Waals surface area (Å²) in [5.41, 5.74) is 3.31. The second-order valence-corrected chi connectivity index (χ2v) is 3.50. The lowest BCUT2D eigenvalue weighted by Crippen LogP contribution is -2.09. The van der Waals surface area contributed by atoms with Gasteiger partial charge in [0.15, 0.2) is 11.6 Å². The van der Waals surface area contributed by atoms with Crippen LogP contribution >= 0.6 is 0 Å². The van der Waals surface area contributed by atoms with Crippen LogP contribution in [0.25, 0.3) is 10.9 Å². The maximum absolute atomic E-state index is 13.6. The zero-order valence-corrected chi connectivity index (χ0v) is 9.13. The van der Waals surface area contributed by atoms with Crippen LogP contribution in [0.15, 0.2) is 18.2 Å². The number of fused-ring (bicyclic) bond motifs is 1. The molecule has 2 aromatic rings. The summed E-state index contributed by atoms with van der Waals surface area (Å²) >= 11 is 0. The molecule has 0 aliphatic rings. The van der Waals surface area contributed by atoms with E-state index in [1.54, 1.807) is 6.07 Å². The number of hydrazine groups is 1. The van der Waals surface area contributed by atoms with E-state index < -0.39 is 11.6 Å². The number of rotatable bonds is 3. The molecule has 2 rings (SSSR count). The summed E-state index contributed by atoms with van der Waals surface area (Å²) in [6.45, 7) is 0.195. The molecule has 0 atom stereocenters. The molecular formula is C11H11F2N3O. The van der Waals surface area contributed by atoms with Crippen LogP contribution in [-0.2, 0) is 11.3 Å². The van der Waals surface area contributed by atoms with Crippen LogP contribution in [0, 0.1) is 11.6 Å². The highest BCUT2D eigenvalue weighted by molar-refractivity contribution is 5.91. The molecule has 0 saturated carbocycles. The Hall–Kier alpha value is -1.79. The minimum Gasteiger partial charge on any atom is -0.378 e. The lowest BCUT2D eigenvalue weighted by molar-refractivity contribution is 0.182. The fourth-order valence-electron chi connectivity index (χ4n) is 1.63. The summed E-state index contributed by atoms with van der Waals surface area (Å²) in [5, 5.41) is 0.422. The number of nitrogens with zero attached hydrogens (tertiary/aromatic N) is 1. The minimum atomic E-state index is -0.989. The molecule has 17 heavy (non-hydrogen) atoms. The quantitative estimate of drug-likeness (QED) is 0.634. The largest absolute Gasteiger partial charge is 0.378 e. The zero-order valence-electron chi connectivity index (χ0n) is 9.13. The van der Waals surface area contributed by atoms with Crippen molar-refractivity contribution >= 4 is 16.6 Å². The van der Waals surface area contributed by atoms with Crippen molar-refractivity contribution in [3.05, 3.63) is 35.5 Å². The number of benzene rings is 1. The number of ether oxygens (including phenoxy) is 1. The van der Waals surface area contributed by atoms with E-state index in [2.05, 4.69) is 10.4 Å². The van der Waals surface area contributed by atoms with E-state index >= 15 is 0 Å². The SMILES string of the molecule is COCc1cc(NN)c2ccc(F)c(F)c2n1. The molecule has 0 aliphatic heterocycles. The van der Waals surface area contributed by atoms with Crippen LogP contribution in [-0.4, -0.2) is 12.1 Å². The van der Waals surface area contributed by atoms with Gasteiger partial charge in [-0.3, -0.25) is 5.84 Å². The fourth-order valence-corrected chi connectivity index (χ4v) is 1.63. The molecule has 1 aromatic heterocycles. The topological polar surface area (TPSA) is 60.2 Å². The van der Waals surface area contributed by atoms with Crippen molar-refractivity contribution in [1.82, 2.24) is 4.98 Å². The summed E-state index contributed by atoms with van der Waals surface area (Å²) in [4.78, 5) is 4.00. The predicted octanol–water partition coefficient (Wildman–Crippen LogP) is 1.94. The zero-order chi connectivity index (χ0) is 12.4. The second-order valence-electron chi connectivity index (χ2n) is 3.50. The first kappa shape index (κ1) is 11.7. The Morgan fingerprint density at radius 1 is 1.41 bits per heavy atom. The van der Waals surface area contributed by atoms with E-state index in [0.29, 0.717) is 16.8 Å². The fraction of sp³-hybridized carbons (Fsp3) is 0.182. The van der Waals surface area contributed by atoms with Crippen molar-refractivity contribution in [1.29, 1.82) is 0 Å². The van der Waals surface area contributed by atoms with Crippen LogP contribution in [0.2, 0.25) is 0 Å². The molecule has 1 aromatic carbocycles. The molecule has 90 valence electrons. The normalized spacial score (nSPS) is 10.8. The number of methoxy groups -OCH3 is 1. The Morgan fingerprint density at radius 2 is 2.18 bits per heavy atom. The number of halogens is 2. The number of hydrogen-bond acceptors (Lipinski definition) is 4. The molecule has 3 N–H and O–H groups in total. The van der Waals surface area contributed by atoms with Gasteiger partial charge < -0.3 is 10.2 Å². The number of anilines is 1. The van der Waals surface area contributed by atoms with Gasteiger partial charge in [-0.2, -0.15) is 0 Å². The van der Waals surface area contributed by atoms with Crippen molar-refractivity contribution < 1.29 is 13.5 Å². The summed E-state index contributed by atoms with van der Waals surface area (Å²) in [5.74, 6) is 3.40. The average Bonchev–Trinajstić information content (AvgIpc) is 2.34. The van der Waals surface area contributed by atoms with Crippen molar-refractivity contribution in [2.75, 3.05) is 12.5 Å². The van der Waals surface area contributed by atoms with Crippen LogP contribution in [0.5, 0.6) is 0 Å². The van der Waals surface area contributed by atoms with E-state index in [-0.39, 0.29) is 12.1 Å². The van der Waals surface area contributed by atoms with Crippen molar-refractivity contribution in [3.8, 4) is 0 Å². The van der Waals surface area contributed by atoms with Gasteiger partial charge in [0, 0.05) is 12.5 Å². The highest BCUT2D eigenvalue weighted by Crippen LogP contribution is 2.26. The van der Waals surface area contributed by atoms with Gasteiger partial charge in [-0.05, 0) is 18.2 Å². The van der Waals surface area contributed by atoms with Crippen LogP contribution in [0.4, 0.5) is 14.5 Å². The molecule has 0 amide bonds. The first-order chi connectivity index (χ1) is 8.17. The van der Waals surface area contributed by atoms with Gasteiger partial charge in [0.05, 0.1) is 18.0 Å². The number of nitrogens with one attached hydrogen (secondary N) is 1. The van der Waals surface area contributed by atoms with E-state index in [9.17, 15) is 8.78 Å². The molecule has 4 nitrogen and oxygen atoms in total. The van der Waals surface area contributed by atoms with Crippen LogP contribution < -0.4 is 11.3 Å². The monoisotopic (exact) mass is 239 g/mol. The number of aromatic nitrogens is 1. The maximum Gasteiger partial charge on any atom is 0.185 e. The maximum atomic E-state index is 13.6. The number of hydrogen-bond donors (Lipinski definition) is 2. The molecule has 0 fully saturated rings. The van der Waals surface area contributed by atoms with Gasteiger partial charge in [-0.1, -0.05) is 0 Å². The molecule has 0 bridgehead atoms. The van der Waals surface area contributed by atoms with E-state index in [4.69, 9.17) is 10.6 Å². The lowest BCUT2D eigenvalue weighted by Gasteiger charge is -2.09. The third kappa shape index (κ3) is 2.04. The van der Waals surface area contributed by atoms with Crippen molar-refractivity contribution in [2.24, 2.45) is 5.84 Å². The van der Waals surface area contributed by atoms with Gasteiger partial charge in [0.25, 0.3) is 0 Å². The minimum absolute atomic E-state index is 0.0625. The molecule has 0 spiro atoms. The van der Waals surface area contributed by atoms with Crippen molar-refractivity contribution in [2.45, 2.75) is 6.61 Å². The molecule has 0 radical (unpaired) electrons. The first-order valence-electron chi connectivity index (χ1n) is 4.90. The molecule has 0 unspecified atom stereocenters. The molecule has 6 heteroatoms. The molecular weight excluding hydrogens is 228 g/mol. The predicted molar refractivity (Wildman–Crippen MR) is 60.2 cm³/mol. The average molecular weight is 239 g/mol. The Bertz CT molecular complexity index is 560. The Kier molecular flexibility index (Phi) is 3.16. The Morgan fingerprint density at radius 3 is 2.82 bits per heavy atom. The molecule has 0 saturated heterocycles. The van der Waals surface area contributed by atoms with Gasteiger partial charge in [-0.25, -0.2) is 13.8 Å². The van der Waals surface area contributed by atoms with Gasteiger partial charge in [0.2, 0.25) is 0 Å². The Balaban J connectivity index is 2.73. The number of pyridine rings is 1. The second kappa shape index (κ2) is 4.60. The summed E-state index contributed by atoms with van der Waals surface area (Å²) in [6, 6.07) is 4.09. The number of nitrogen functional groups attached to an aromatic ring is 1. The van der Waals surface area contributed by atoms with Crippen molar-refractivity contribution in [3.63, 3.8) is 0 Å². The smallest absolute Gasteiger partial charge is 0.185 e. The Labute approximate surface area is 96.4 Å². The van der Waals surface area contributed by atoms with E-state index in [1.165, 1.54) is 13.2 Å². The molecule has 1 heterocycles. The third-order valence-electron chi connectivity index (χ3n) is 2.37. The van der Waals surface area contributed by atoms with E-state index in [1.807, 2.05) is 0 Å². The standard InChI is InChI=1S/C11H11F2N3O/c1-17-5-6-4-9(16-14)7-2-3-8(12)10(13)11(7)15-6/h2-4H,5,14H2,1H3,(H,15,16). The summed E-state index contributed by atoms with van der Waals surface area (Å²) < 4.78 is 31.6. The van der Waals surface area contributed by atoms with Gasteiger partial charge >= 0.3 is 0 Å². The lowest BCUT2D eigenvalue weighted by atomic mass is 10.1. The van der Waals surface area contributed by atoms with E-state index in [0.717, 1.165) is 6.07 Å². The summed E-state index contributed by atoms with van der Waals surface area (Å²) in [6.07, 6.45) is 0. The molecule has 0 aliphatic carbocycles.